The highest BCUT2D eigenvalue weighted by Crippen LogP contribution is 2.35. The zero-order valence-corrected chi connectivity index (χ0v) is 19.4. The number of carbonyl (C=O) groups is 1. The van der Waals surface area contributed by atoms with Gasteiger partial charge in [-0.05, 0) is 72.1 Å². The van der Waals surface area contributed by atoms with E-state index in [1.807, 2.05) is 36.5 Å². The van der Waals surface area contributed by atoms with Gasteiger partial charge in [-0.1, -0.05) is 0 Å². The highest BCUT2D eigenvalue weighted by atomic mass is 19.1. The molecule has 3 N–H and O–H groups in total. The van der Waals surface area contributed by atoms with Gasteiger partial charge in [0.1, 0.15) is 17.3 Å². The van der Waals surface area contributed by atoms with Crippen LogP contribution in [0.1, 0.15) is 12.0 Å². The van der Waals surface area contributed by atoms with Gasteiger partial charge in [0.25, 0.3) is 0 Å². The molecule has 5 aromatic rings. The van der Waals surface area contributed by atoms with E-state index in [0.717, 1.165) is 33.5 Å². The molecule has 0 radical (unpaired) electrons. The van der Waals surface area contributed by atoms with Crippen molar-refractivity contribution in [2.24, 2.45) is 0 Å². The largest absolute Gasteiger partial charge is 0.345 e. The van der Waals surface area contributed by atoms with E-state index in [0.29, 0.717) is 35.9 Å². The van der Waals surface area contributed by atoms with Crippen molar-refractivity contribution in [3.63, 3.8) is 0 Å². The lowest BCUT2D eigenvalue weighted by Crippen LogP contribution is -2.31. The molecule has 1 aliphatic heterocycles. The topological polar surface area (TPSA) is 98.8 Å². The molecule has 0 saturated carbocycles. The number of pyridine rings is 1. The summed E-state index contributed by atoms with van der Waals surface area (Å²) >= 11 is 0. The van der Waals surface area contributed by atoms with Gasteiger partial charge in [0.2, 0.25) is 11.9 Å². The number of nitrogens with zero attached hydrogens (tertiary/aromatic N) is 4. The predicted molar refractivity (Wildman–Crippen MR) is 138 cm³/mol. The molecule has 0 aliphatic carbocycles. The normalized spacial score (nSPS) is 13.1. The summed E-state index contributed by atoms with van der Waals surface area (Å²) in [6.07, 6.45) is 6.54. The van der Waals surface area contributed by atoms with E-state index in [2.05, 4.69) is 20.6 Å². The first-order valence-electron chi connectivity index (χ1n) is 11.5. The van der Waals surface area contributed by atoms with Crippen LogP contribution >= 0.6 is 0 Å². The molecule has 178 valence electrons. The fourth-order valence-corrected chi connectivity index (χ4v) is 4.47. The molecule has 8 nitrogen and oxygen atoms in total. The minimum Gasteiger partial charge on any atom is -0.345 e. The SMILES string of the molecule is CN1C(=O)CCc2cc(Nc3nc(Nc4ccc(F)cc4)c4c(-c5ccncc5)c[nH]c4n3)ccc21. The lowest BCUT2D eigenvalue weighted by Gasteiger charge is -2.26. The van der Waals surface area contributed by atoms with E-state index in [4.69, 9.17) is 9.97 Å². The highest BCUT2D eigenvalue weighted by Gasteiger charge is 2.21. The number of anilines is 5. The second kappa shape index (κ2) is 8.77. The van der Waals surface area contributed by atoms with Gasteiger partial charge in [-0.2, -0.15) is 9.97 Å². The van der Waals surface area contributed by atoms with E-state index in [1.165, 1.54) is 12.1 Å². The van der Waals surface area contributed by atoms with Gasteiger partial charge in [-0.3, -0.25) is 9.78 Å². The van der Waals surface area contributed by atoms with Crippen LogP contribution in [-0.4, -0.2) is 32.9 Å². The number of aromatic nitrogens is 4. The number of halogens is 1. The van der Waals surface area contributed by atoms with Crippen LogP contribution in [-0.2, 0) is 11.2 Å². The fourth-order valence-electron chi connectivity index (χ4n) is 4.47. The summed E-state index contributed by atoms with van der Waals surface area (Å²) < 4.78 is 13.5. The van der Waals surface area contributed by atoms with Crippen molar-refractivity contribution in [2.75, 3.05) is 22.6 Å². The Bertz CT molecular complexity index is 1580. The monoisotopic (exact) mass is 479 g/mol. The van der Waals surface area contributed by atoms with Crippen molar-refractivity contribution in [1.82, 2.24) is 19.9 Å². The predicted octanol–water partition coefficient (Wildman–Crippen LogP) is 5.56. The van der Waals surface area contributed by atoms with Gasteiger partial charge in [0, 0.05) is 54.7 Å². The summed E-state index contributed by atoms with van der Waals surface area (Å²) in [5, 5.41) is 7.43. The zero-order valence-electron chi connectivity index (χ0n) is 19.4. The Hall–Kier alpha value is -4.79. The third-order valence-corrected chi connectivity index (χ3v) is 6.31. The number of H-pyrrole nitrogens is 1. The quantitative estimate of drug-likeness (QED) is 0.305. The molecule has 0 saturated heterocycles. The first-order chi connectivity index (χ1) is 17.5. The Morgan fingerprint density at radius 3 is 2.53 bits per heavy atom. The minimum absolute atomic E-state index is 0.116. The van der Waals surface area contributed by atoms with Crippen LogP contribution in [0.25, 0.3) is 22.2 Å². The van der Waals surface area contributed by atoms with Gasteiger partial charge in [-0.15, -0.1) is 0 Å². The first kappa shape index (κ1) is 21.7. The maximum absolute atomic E-state index is 13.5. The number of aromatic amines is 1. The third kappa shape index (κ3) is 4.00. The minimum atomic E-state index is -0.311. The molecular weight excluding hydrogens is 457 g/mol. The summed E-state index contributed by atoms with van der Waals surface area (Å²) in [7, 11) is 1.80. The van der Waals surface area contributed by atoms with Crippen molar-refractivity contribution < 1.29 is 9.18 Å². The van der Waals surface area contributed by atoms with Crippen LogP contribution in [0.5, 0.6) is 0 Å². The molecule has 1 aliphatic rings. The van der Waals surface area contributed by atoms with E-state index in [1.54, 1.807) is 36.5 Å². The summed E-state index contributed by atoms with van der Waals surface area (Å²) in [5.74, 6) is 0.778. The second-order valence-electron chi connectivity index (χ2n) is 8.61. The maximum Gasteiger partial charge on any atom is 0.231 e. The second-order valence-corrected chi connectivity index (χ2v) is 8.61. The summed E-state index contributed by atoms with van der Waals surface area (Å²) in [6, 6.07) is 15.8. The molecule has 9 heteroatoms. The lowest BCUT2D eigenvalue weighted by atomic mass is 10.0. The van der Waals surface area contributed by atoms with Crippen LogP contribution in [0.15, 0.2) is 73.2 Å². The number of hydrogen-bond donors (Lipinski definition) is 3. The smallest absolute Gasteiger partial charge is 0.231 e. The Morgan fingerprint density at radius 1 is 0.944 bits per heavy atom. The molecule has 6 rings (SSSR count). The molecule has 4 heterocycles. The molecule has 0 fully saturated rings. The first-order valence-corrected chi connectivity index (χ1v) is 11.5. The van der Waals surface area contributed by atoms with Gasteiger partial charge < -0.3 is 20.5 Å². The number of aryl methyl sites for hydroxylation is 1. The van der Waals surface area contributed by atoms with Crippen LogP contribution in [0, 0.1) is 5.82 Å². The van der Waals surface area contributed by atoms with Crippen LogP contribution in [0.3, 0.4) is 0 Å². The summed E-state index contributed by atoms with van der Waals surface area (Å²) in [4.78, 5) is 30.6. The zero-order chi connectivity index (χ0) is 24.6. The molecule has 36 heavy (non-hydrogen) atoms. The van der Waals surface area contributed by atoms with E-state index in [9.17, 15) is 9.18 Å². The summed E-state index contributed by atoms with van der Waals surface area (Å²) in [6.45, 7) is 0. The van der Waals surface area contributed by atoms with Crippen LogP contribution in [0.2, 0.25) is 0 Å². The van der Waals surface area contributed by atoms with Gasteiger partial charge in [-0.25, -0.2) is 4.39 Å². The average molecular weight is 480 g/mol. The Morgan fingerprint density at radius 2 is 1.72 bits per heavy atom. The van der Waals surface area contributed by atoms with E-state index >= 15 is 0 Å². The molecular formula is C27H22FN7O. The maximum atomic E-state index is 13.5. The standard InChI is InChI=1S/C27H22FN7O/c1-35-22-8-7-20(14-17(22)2-9-23(35)36)32-27-33-25-24(21(15-30-25)16-10-12-29-13-11-16)26(34-27)31-19-5-3-18(28)4-6-19/h3-8,10-15H,2,9H2,1H3,(H3,30,31,32,33,34). The highest BCUT2D eigenvalue weighted by molar-refractivity contribution is 6.02. The van der Waals surface area contributed by atoms with Crippen LogP contribution in [0.4, 0.5) is 33.2 Å². The molecule has 0 atom stereocenters. The van der Waals surface area contributed by atoms with Crippen molar-refractivity contribution in [3.8, 4) is 11.1 Å². The molecule has 0 spiro atoms. The molecule has 1 amide bonds. The van der Waals surface area contributed by atoms with Crippen molar-refractivity contribution in [1.29, 1.82) is 0 Å². The van der Waals surface area contributed by atoms with Crippen molar-refractivity contribution in [2.45, 2.75) is 12.8 Å². The molecule has 2 aromatic carbocycles. The lowest BCUT2D eigenvalue weighted by molar-refractivity contribution is -0.118. The molecule has 0 unspecified atom stereocenters. The Kier molecular flexibility index (Phi) is 5.29. The number of rotatable bonds is 5. The van der Waals surface area contributed by atoms with E-state index in [-0.39, 0.29) is 11.7 Å². The Balaban J connectivity index is 1.41. The van der Waals surface area contributed by atoms with Gasteiger partial charge >= 0.3 is 0 Å². The molecule has 0 bridgehead atoms. The molecule has 3 aromatic heterocycles. The fraction of sp³-hybridized carbons (Fsp3) is 0.111. The van der Waals surface area contributed by atoms with Crippen LogP contribution < -0.4 is 15.5 Å². The van der Waals surface area contributed by atoms with Crippen molar-refractivity contribution >= 4 is 45.8 Å². The van der Waals surface area contributed by atoms with Gasteiger partial charge in [0.15, 0.2) is 0 Å². The Labute approximate surface area is 206 Å². The average Bonchev–Trinajstić information content (AvgIpc) is 3.33. The number of fused-ring (bicyclic) bond motifs is 2. The van der Waals surface area contributed by atoms with Gasteiger partial charge in [0.05, 0.1) is 5.39 Å². The number of nitrogens with one attached hydrogen (secondary N) is 3. The third-order valence-electron chi connectivity index (χ3n) is 6.31. The van der Waals surface area contributed by atoms with Crippen molar-refractivity contribution in [3.05, 3.63) is 84.6 Å². The van der Waals surface area contributed by atoms with E-state index < -0.39 is 0 Å². The summed E-state index contributed by atoms with van der Waals surface area (Å²) in [5.41, 5.74) is 6.06. The number of carbonyl (C=O) groups excluding carboxylic acids is 1. The number of hydrogen-bond acceptors (Lipinski definition) is 6. The number of benzene rings is 2. The number of amides is 1.